The Kier molecular flexibility index (Phi) is 5.86. The summed E-state index contributed by atoms with van der Waals surface area (Å²) in [6.45, 7) is 6.45. The predicted octanol–water partition coefficient (Wildman–Crippen LogP) is 3.78. The fourth-order valence-corrected chi connectivity index (χ4v) is 3.10. The van der Waals surface area contributed by atoms with Gasteiger partial charge in [-0.1, -0.05) is 28.1 Å². The van der Waals surface area contributed by atoms with Crippen molar-refractivity contribution in [3.05, 3.63) is 34.3 Å². The summed E-state index contributed by atoms with van der Waals surface area (Å²) in [4.78, 5) is 0. The molecule has 19 heavy (non-hydrogen) atoms. The average molecular weight is 326 g/mol. The number of benzene rings is 1. The van der Waals surface area contributed by atoms with Crippen LogP contribution >= 0.6 is 15.9 Å². The van der Waals surface area contributed by atoms with E-state index in [-0.39, 0.29) is 0 Å². The lowest BCUT2D eigenvalue weighted by atomic mass is 9.92. The molecule has 0 aliphatic carbocycles. The topological polar surface area (TPSA) is 21.3 Å². The fourth-order valence-electron chi connectivity index (χ4n) is 2.83. The molecule has 1 aliphatic heterocycles. The molecule has 2 unspecified atom stereocenters. The first-order valence-corrected chi connectivity index (χ1v) is 8.02. The van der Waals surface area contributed by atoms with Gasteiger partial charge < -0.3 is 10.1 Å². The highest BCUT2D eigenvalue weighted by Gasteiger charge is 2.21. The molecule has 0 radical (unpaired) electrons. The second-order valence-corrected chi connectivity index (χ2v) is 6.55. The van der Waals surface area contributed by atoms with Crippen LogP contribution in [0.4, 0.5) is 0 Å². The number of ether oxygens (including phenoxy) is 1. The molecule has 0 saturated carbocycles. The van der Waals surface area contributed by atoms with Crippen LogP contribution in [0, 0.1) is 5.92 Å². The van der Waals surface area contributed by atoms with Crippen LogP contribution in [-0.4, -0.2) is 25.3 Å². The lowest BCUT2D eigenvalue weighted by Gasteiger charge is -2.30. The van der Waals surface area contributed by atoms with Crippen LogP contribution in [0.15, 0.2) is 28.7 Å². The molecular formula is C16H24BrNO. The first-order valence-electron chi connectivity index (χ1n) is 7.23. The molecule has 1 saturated heterocycles. The van der Waals surface area contributed by atoms with Crippen molar-refractivity contribution in [1.29, 1.82) is 0 Å². The van der Waals surface area contributed by atoms with Crippen LogP contribution in [0.25, 0.3) is 0 Å². The van der Waals surface area contributed by atoms with Gasteiger partial charge in [0.05, 0.1) is 0 Å². The van der Waals surface area contributed by atoms with Gasteiger partial charge in [-0.25, -0.2) is 0 Å². The van der Waals surface area contributed by atoms with E-state index in [1.54, 1.807) is 0 Å². The van der Waals surface area contributed by atoms with Gasteiger partial charge in [-0.3, -0.25) is 0 Å². The van der Waals surface area contributed by atoms with Gasteiger partial charge in [0.2, 0.25) is 0 Å². The van der Waals surface area contributed by atoms with Crippen LogP contribution < -0.4 is 5.32 Å². The molecule has 1 fully saturated rings. The minimum Gasteiger partial charge on any atom is -0.381 e. The Morgan fingerprint density at radius 3 is 2.47 bits per heavy atom. The first-order chi connectivity index (χ1) is 9.15. The average Bonchev–Trinajstić information content (AvgIpc) is 2.42. The fraction of sp³-hybridized carbons (Fsp3) is 0.625. The molecule has 1 aromatic rings. The van der Waals surface area contributed by atoms with Crippen molar-refractivity contribution >= 4 is 15.9 Å². The summed E-state index contributed by atoms with van der Waals surface area (Å²) in [5.41, 5.74) is 1.39. The Hall–Kier alpha value is -0.380. The molecule has 3 heteroatoms. The summed E-state index contributed by atoms with van der Waals surface area (Å²) in [5, 5.41) is 3.75. The predicted molar refractivity (Wildman–Crippen MR) is 83.4 cm³/mol. The highest BCUT2D eigenvalue weighted by Crippen LogP contribution is 2.19. The van der Waals surface area contributed by atoms with Crippen LogP contribution in [0.2, 0.25) is 0 Å². The van der Waals surface area contributed by atoms with Crippen LogP contribution in [0.5, 0.6) is 0 Å². The van der Waals surface area contributed by atoms with Crippen molar-refractivity contribution in [3.63, 3.8) is 0 Å². The summed E-state index contributed by atoms with van der Waals surface area (Å²) < 4.78 is 6.58. The molecule has 1 N–H and O–H groups in total. The minimum atomic E-state index is 0.513. The van der Waals surface area contributed by atoms with E-state index >= 15 is 0 Å². The Bertz CT molecular complexity index is 373. The third kappa shape index (κ3) is 4.90. The van der Waals surface area contributed by atoms with E-state index in [1.165, 1.54) is 18.4 Å². The zero-order valence-corrected chi connectivity index (χ0v) is 13.4. The Balaban J connectivity index is 1.79. The third-order valence-corrected chi connectivity index (χ3v) is 4.50. The van der Waals surface area contributed by atoms with Gasteiger partial charge in [0, 0.05) is 29.8 Å². The summed E-state index contributed by atoms with van der Waals surface area (Å²) in [5.74, 6) is 0.765. The van der Waals surface area contributed by atoms with E-state index in [4.69, 9.17) is 4.74 Å². The van der Waals surface area contributed by atoms with Crippen LogP contribution in [0.3, 0.4) is 0 Å². The van der Waals surface area contributed by atoms with E-state index in [0.29, 0.717) is 12.1 Å². The minimum absolute atomic E-state index is 0.513. The zero-order valence-electron chi connectivity index (χ0n) is 11.9. The van der Waals surface area contributed by atoms with E-state index in [2.05, 4.69) is 59.4 Å². The van der Waals surface area contributed by atoms with Gasteiger partial charge in [0.1, 0.15) is 0 Å². The summed E-state index contributed by atoms with van der Waals surface area (Å²) in [7, 11) is 0. The van der Waals surface area contributed by atoms with Gasteiger partial charge in [0.25, 0.3) is 0 Å². The Labute approximate surface area is 125 Å². The van der Waals surface area contributed by atoms with Crippen molar-refractivity contribution in [1.82, 2.24) is 5.32 Å². The van der Waals surface area contributed by atoms with Crippen molar-refractivity contribution in [2.45, 2.75) is 45.2 Å². The molecule has 1 aromatic carbocycles. The maximum absolute atomic E-state index is 5.43. The second kappa shape index (κ2) is 7.41. The van der Waals surface area contributed by atoms with E-state index in [0.717, 1.165) is 30.0 Å². The Morgan fingerprint density at radius 2 is 1.84 bits per heavy atom. The van der Waals surface area contributed by atoms with Gasteiger partial charge in [-0.05, 0) is 56.7 Å². The first kappa shape index (κ1) is 15.0. The van der Waals surface area contributed by atoms with Crippen molar-refractivity contribution in [3.8, 4) is 0 Å². The van der Waals surface area contributed by atoms with Gasteiger partial charge in [-0.15, -0.1) is 0 Å². The van der Waals surface area contributed by atoms with Crippen molar-refractivity contribution < 1.29 is 4.74 Å². The highest BCUT2D eigenvalue weighted by atomic mass is 79.9. The molecule has 1 heterocycles. The molecule has 106 valence electrons. The molecule has 2 rings (SSSR count). The molecular weight excluding hydrogens is 302 g/mol. The van der Waals surface area contributed by atoms with E-state index in [9.17, 15) is 0 Å². The maximum atomic E-state index is 5.43. The van der Waals surface area contributed by atoms with E-state index < -0.39 is 0 Å². The van der Waals surface area contributed by atoms with E-state index in [1.807, 2.05) is 0 Å². The standard InChI is InChI=1S/C16H24BrNO/c1-12(11-14-3-5-16(17)6-4-14)18-13(2)15-7-9-19-10-8-15/h3-6,12-13,15,18H,7-11H2,1-2H3. The second-order valence-electron chi connectivity index (χ2n) is 5.64. The molecule has 1 aliphatic rings. The number of hydrogen-bond acceptors (Lipinski definition) is 2. The molecule has 0 aromatic heterocycles. The molecule has 0 spiro atoms. The maximum Gasteiger partial charge on any atom is 0.0469 e. The Morgan fingerprint density at radius 1 is 1.21 bits per heavy atom. The smallest absolute Gasteiger partial charge is 0.0469 e. The lowest BCUT2D eigenvalue weighted by molar-refractivity contribution is 0.0547. The lowest BCUT2D eigenvalue weighted by Crippen LogP contribution is -2.42. The molecule has 0 amide bonds. The van der Waals surface area contributed by atoms with Gasteiger partial charge in [0.15, 0.2) is 0 Å². The van der Waals surface area contributed by atoms with Gasteiger partial charge in [-0.2, -0.15) is 0 Å². The highest BCUT2D eigenvalue weighted by molar-refractivity contribution is 9.10. The summed E-state index contributed by atoms with van der Waals surface area (Å²) >= 11 is 3.48. The quantitative estimate of drug-likeness (QED) is 0.889. The number of halogens is 1. The zero-order chi connectivity index (χ0) is 13.7. The molecule has 2 nitrogen and oxygen atoms in total. The van der Waals surface area contributed by atoms with Crippen LogP contribution in [-0.2, 0) is 11.2 Å². The van der Waals surface area contributed by atoms with Crippen LogP contribution in [0.1, 0.15) is 32.3 Å². The molecule has 0 bridgehead atoms. The summed E-state index contributed by atoms with van der Waals surface area (Å²) in [6.07, 6.45) is 3.47. The van der Waals surface area contributed by atoms with Crippen molar-refractivity contribution in [2.75, 3.05) is 13.2 Å². The number of nitrogens with one attached hydrogen (secondary N) is 1. The number of rotatable bonds is 5. The largest absolute Gasteiger partial charge is 0.381 e. The normalized spacial score (nSPS) is 20.2. The SMILES string of the molecule is CC(Cc1ccc(Br)cc1)NC(C)C1CCOCC1. The summed E-state index contributed by atoms with van der Waals surface area (Å²) in [6, 6.07) is 9.71. The monoisotopic (exact) mass is 325 g/mol. The number of hydrogen-bond donors (Lipinski definition) is 1. The third-order valence-electron chi connectivity index (χ3n) is 3.98. The van der Waals surface area contributed by atoms with Crippen molar-refractivity contribution in [2.24, 2.45) is 5.92 Å². The van der Waals surface area contributed by atoms with Gasteiger partial charge >= 0.3 is 0 Å². The molecule has 2 atom stereocenters.